The number of rotatable bonds is 6. The first kappa shape index (κ1) is 24.9. The summed E-state index contributed by atoms with van der Waals surface area (Å²) in [5.74, 6) is -0.757. The van der Waals surface area contributed by atoms with Gasteiger partial charge in [0.15, 0.2) is 5.17 Å². The number of fused-ring (bicyclic) bond motifs is 1. The molecule has 0 radical (unpaired) electrons. The molecule has 2 aliphatic heterocycles. The number of esters is 1. The van der Waals surface area contributed by atoms with Crippen molar-refractivity contribution >= 4 is 28.6 Å². The molecule has 1 atom stereocenters. The summed E-state index contributed by atoms with van der Waals surface area (Å²) < 4.78 is 21.3. The van der Waals surface area contributed by atoms with Crippen molar-refractivity contribution in [2.24, 2.45) is 4.99 Å². The summed E-state index contributed by atoms with van der Waals surface area (Å²) in [6, 6.07) is 25.5. The molecule has 6 rings (SSSR count). The highest BCUT2D eigenvalue weighted by molar-refractivity contribution is 8.16. The number of nitrogens with zero attached hydrogens (tertiary/aromatic N) is 4. The van der Waals surface area contributed by atoms with Crippen molar-refractivity contribution in [1.29, 1.82) is 0 Å². The topological polar surface area (TPSA) is 59.7 Å². The maximum atomic E-state index is 13.9. The Morgan fingerprint density at radius 1 is 0.974 bits per heavy atom. The lowest BCUT2D eigenvalue weighted by atomic mass is 9.92. The van der Waals surface area contributed by atoms with Crippen LogP contribution in [0.25, 0.3) is 22.6 Å². The zero-order chi connectivity index (χ0) is 26.9. The molecule has 1 aromatic heterocycles. The lowest BCUT2D eigenvalue weighted by Crippen LogP contribution is -2.36. The molecule has 2 aliphatic rings. The van der Waals surface area contributed by atoms with Crippen LogP contribution in [0.5, 0.6) is 0 Å². The minimum absolute atomic E-state index is 0.239. The zero-order valence-corrected chi connectivity index (χ0v) is 22.2. The van der Waals surface area contributed by atoms with Gasteiger partial charge in [0, 0.05) is 22.7 Å². The highest BCUT2D eigenvalue weighted by atomic mass is 32.2. The fourth-order valence-electron chi connectivity index (χ4n) is 4.90. The molecule has 0 saturated heterocycles. The van der Waals surface area contributed by atoms with Crippen LogP contribution in [-0.4, -0.2) is 32.4 Å². The van der Waals surface area contributed by atoms with E-state index in [2.05, 4.69) is 10.3 Å². The van der Waals surface area contributed by atoms with Gasteiger partial charge in [-0.05, 0) is 55.8 Å². The number of hydrogen-bond donors (Lipinski definition) is 0. The van der Waals surface area contributed by atoms with Crippen LogP contribution in [-0.2, 0) is 9.53 Å². The van der Waals surface area contributed by atoms with Crippen LogP contribution >= 0.6 is 11.8 Å². The highest BCUT2D eigenvalue weighted by Gasteiger charge is 2.43. The Labute approximate surface area is 230 Å². The first-order valence-corrected chi connectivity index (χ1v) is 13.5. The Morgan fingerprint density at radius 3 is 2.36 bits per heavy atom. The summed E-state index contributed by atoms with van der Waals surface area (Å²) in [5, 5.41) is 7.78. The molecule has 6 nitrogen and oxygen atoms in total. The molecule has 0 amide bonds. The molecule has 0 unspecified atom stereocenters. The van der Waals surface area contributed by atoms with Crippen LogP contribution in [0.3, 0.4) is 0 Å². The number of ether oxygens (including phenoxy) is 1. The van der Waals surface area contributed by atoms with Gasteiger partial charge in [-0.25, -0.2) is 18.9 Å². The second kappa shape index (κ2) is 10.4. The lowest BCUT2D eigenvalue weighted by Gasteiger charge is -2.36. The number of carbonyl (C=O) groups excluding carboxylic acids is 1. The Balaban J connectivity index is 1.59. The maximum absolute atomic E-state index is 13.9. The molecule has 0 fully saturated rings. The van der Waals surface area contributed by atoms with E-state index in [1.807, 2.05) is 73.8 Å². The van der Waals surface area contributed by atoms with Gasteiger partial charge < -0.3 is 9.64 Å². The average Bonchev–Trinajstić information content (AvgIpc) is 3.59. The van der Waals surface area contributed by atoms with E-state index in [-0.39, 0.29) is 12.4 Å². The number of amidine groups is 1. The molecule has 4 aromatic rings. The Kier molecular flexibility index (Phi) is 6.62. The molecular weight excluding hydrogens is 511 g/mol. The molecular formula is C31H25FN4O2S. The van der Waals surface area contributed by atoms with Crippen LogP contribution in [0.1, 0.15) is 31.0 Å². The summed E-state index contributed by atoms with van der Waals surface area (Å²) in [4.78, 5) is 20.4. The predicted octanol–water partition coefficient (Wildman–Crippen LogP) is 6.97. The van der Waals surface area contributed by atoms with Crippen LogP contribution in [0, 0.1) is 5.82 Å². The normalized spacial score (nSPS) is 16.6. The first-order valence-electron chi connectivity index (χ1n) is 12.6. The van der Waals surface area contributed by atoms with E-state index in [9.17, 15) is 9.18 Å². The minimum atomic E-state index is -0.574. The maximum Gasteiger partial charge on any atom is 0.338 e. The SMILES string of the molecule is CCOC(=O)C1=C(C)N=C2SC=C(c3ccccc3)N2[C@H]1c1cn(-c2ccccc2)nc1-c1ccc(F)cc1. The number of para-hydroxylation sites is 1. The van der Waals surface area contributed by atoms with Crippen molar-refractivity contribution in [3.05, 3.63) is 125 Å². The van der Waals surface area contributed by atoms with Crippen LogP contribution in [0.4, 0.5) is 4.39 Å². The van der Waals surface area contributed by atoms with Crippen LogP contribution in [0.2, 0.25) is 0 Å². The van der Waals surface area contributed by atoms with Crippen LogP contribution < -0.4 is 0 Å². The minimum Gasteiger partial charge on any atom is -0.463 e. The molecule has 3 aromatic carbocycles. The van der Waals surface area contributed by atoms with E-state index in [4.69, 9.17) is 14.8 Å². The summed E-state index contributed by atoms with van der Waals surface area (Å²) >= 11 is 1.52. The molecule has 39 heavy (non-hydrogen) atoms. The van der Waals surface area contributed by atoms with Gasteiger partial charge in [0.05, 0.1) is 41.0 Å². The van der Waals surface area contributed by atoms with E-state index in [1.54, 1.807) is 23.7 Å². The van der Waals surface area contributed by atoms with Gasteiger partial charge in [0.1, 0.15) is 5.82 Å². The number of thioether (sulfide) groups is 1. The van der Waals surface area contributed by atoms with Gasteiger partial charge in [-0.15, -0.1) is 0 Å². The molecule has 0 N–H and O–H groups in total. The third-order valence-corrected chi connectivity index (χ3v) is 7.51. The van der Waals surface area contributed by atoms with Gasteiger partial charge >= 0.3 is 5.97 Å². The van der Waals surface area contributed by atoms with Crippen molar-refractivity contribution in [2.75, 3.05) is 6.61 Å². The molecule has 0 aliphatic carbocycles. The number of aliphatic imine (C=N–C) groups is 1. The van der Waals surface area contributed by atoms with Gasteiger partial charge in [0.25, 0.3) is 0 Å². The lowest BCUT2D eigenvalue weighted by molar-refractivity contribution is -0.139. The van der Waals surface area contributed by atoms with E-state index >= 15 is 0 Å². The van der Waals surface area contributed by atoms with Gasteiger partial charge in [-0.1, -0.05) is 60.3 Å². The van der Waals surface area contributed by atoms with Gasteiger partial charge in [-0.3, -0.25) is 0 Å². The number of allylic oxidation sites excluding steroid dienone is 1. The highest BCUT2D eigenvalue weighted by Crippen LogP contribution is 2.48. The molecule has 0 saturated carbocycles. The van der Waals surface area contributed by atoms with Crippen LogP contribution in [0.15, 0.2) is 113 Å². The van der Waals surface area contributed by atoms with E-state index in [1.165, 1.54) is 23.9 Å². The van der Waals surface area contributed by atoms with E-state index in [0.717, 1.165) is 33.2 Å². The van der Waals surface area contributed by atoms with Crippen molar-refractivity contribution in [3.63, 3.8) is 0 Å². The fraction of sp³-hybridized carbons (Fsp3) is 0.129. The third kappa shape index (κ3) is 4.57. The van der Waals surface area contributed by atoms with E-state index in [0.29, 0.717) is 17.0 Å². The smallest absolute Gasteiger partial charge is 0.338 e. The van der Waals surface area contributed by atoms with Crippen molar-refractivity contribution in [2.45, 2.75) is 19.9 Å². The van der Waals surface area contributed by atoms with E-state index < -0.39 is 12.0 Å². The van der Waals surface area contributed by atoms with Gasteiger partial charge in [-0.2, -0.15) is 5.10 Å². The third-order valence-electron chi connectivity index (χ3n) is 6.67. The first-order chi connectivity index (χ1) is 19.0. The Bertz CT molecular complexity index is 1630. The monoisotopic (exact) mass is 536 g/mol. The summed E-state index contributed by atoms with van der Waals surface area (Å²) in [5.41, 5.74) is 6.00. The number of hydrogen-bond acceptors (Lipinski definition) is 6. The fourth-order valence-corrected chi connectivity index (χ4v) is 5.87. The number of aromatic nitrogens is 2. The number of carbonyl (C=O) groups is 1. The molecule has 0 bridgehead atoms. The standard InChI is InChI=1S/C31H25FN4O2S/c1-3-38-30(37)27-20(2)33-31-36(26(19-39-31)21-10-6-4-7-11-21)29(27)25-18-35(24-12-8-5-9-13-24)34-28(25)22-14-16-23(32)17-15-22/h4-19,29H,3H2,1-2H3/t29-/m0/s1. The molecule has 3 heterocycles. The Hall–Kier alpha value is -4.43. The zero-order valence-electron chi connectivity index (χ0n) is 21.4. The largest absolute Gasteiger partial charge is 0.463 e. The number of halogens is 1. The predicted molar refractivity (Wildman–Crippen MR) is 152 cm³/mol. The second-order valence-electron chi connectivity index (χ2n) is 9.09. The summed E-state index contributed by atoms with van der Waals surface area (Å²) in [7, 11) is 0. The van der Waals surface area contributed by atoms with Crippen molar-refractivity contribution < 1.29 is 13.9 Å². The second-order valence-corrected chi connectivity index (χ2v) is 9.93. The average molecular weight is 537 g/mol. The molecule has 194 valence electrons. The number of benzene rings is 3. The van der Waals surface area contributed by atoms with Gasteiger partial charge in [0.2, 0.25) is 0 Å². The molecule has 8 heteroatoms. The summed E-state index contributed by atoms with van der Waals surface area (Å²) in [6.07, 6.45) is 1.94. The molecule has 0 spiro atoms. The Morgan fingerprint density at radius 2 is 1.67 bits per heavy atom. The summed E-state index contributed by atoms with van der Waals surface area (Å²) in [6.45, 7) is 3.87. The van der Waals surface area contributed by atoms with Crippen molar-refractivity contribution in [1.82, 2.24) is 14.7 Å². The van der Waals surface area contributed by atoms with Crippen molar-refractivity contribution in [3.8, 4) is 16.9 Å². The quantitative estimate of drug-likeness (QED) is 0.249.